The molecule has 5 heteroatoms. The molecule has 2 aliphatic heterocycles. The molecule has 0 bridgehead atoms. The molecular formula is C6H9NO4. The van der Waals surface area contributed by atoms with Crippen LogP contribution in [0.3, 0.4) is 0 Å². The summed E-state index contributed by atoms with van der Waals surface area (Å²) < 4.78 is 10.2. The second-order valence-corrected chi connectivity index (χ2v) is 2.84. The van der Waals surface area contributed by atoms with E-state index in [2.05, 4.69) is 5.18 Å². The maximum atomic E-state index is 10.2. The van der Waals surface area contributed by atoms with Gasteiger partial charge in [-0.1, -0.05) is 5.18 Å². The van der Waals surface area contributed by atoms with Crippen molar-refractivity contribution in [3.05, 3.63) is 4.91 Å². The van der Waals surface area contributed by atoms with Crippen molar-refractivity contribution in [2.24, 2.45) is 5.18 Å². The summed E-state index contributed by atoms with van der Waals surface area (Å²) in [5.41, 5.74) is 0. The Balaban J connectivity index is 2.10. The first kappa shape index (κ1) is 7.15. The molecule has 0 radical (unpaired) electrons. The molecule has 2 aliphatic rings. The molecule has 0 amide bonds. The van der Waals surface area contributed by atoms with Crippen LogP contribution in [-0.4, -0.2) is 42.7 Å². The quantitative estimate of drug-likeness (QED) is 0.512. The summed E-state index contributed by atoms with van der Waals surface area (Å²) in [4.78, 5) is 10.2. The first-order valence-corrected chi connectivity index (χ1v) is 3.56. The maximum Gasteiger partial charge on any atom is 0.144 e. The first-order valence-electron chi connectivity index (χ1n) is 3.56. The molecule has 2 heterocycles. The van der Waals surface area contributed by atoms with Crippen molar-refractivity contribution < 1.29 is 14.6 Å². The molecule has 2 rings (SSSR count). The van der Waals surface area contributed by atoms with E-state index in [-0.39, 0.29) is 25.4 Å². The van der Waals surface area contributed by atoms with Crippen LogP contribution in [0.1, 0.15) is 0 Å². The van der Waals surface area contributed by atoms with E-state index >= 15 is 0 Å². The number of aliphatic hydroxyl groups is 1. The number of aliphatic hydroxyl groups excluding tert-OH is 1. The molecule has 1 N–H and O–H groups in total. The van der Waals surface area contributed by atoms with E-state index in [0.29, 0.717) is 0 Å². The Morgan fingerprint density at radius 1 is 1.27 bits per heavy atom. The van der Waals surface area contributed by atoms with Gasteiger partial charge in [0.25, 0.3) is 0 Å². The molecule has 4 atom stereocenters. The number of nitroso groups, excluding NO2 is 1. The Kier molecular flexibility index (Phi) is 1.63. The molecule has 0 aromatic rings. The zero-order chi connectivity index (χ0) is 7.84. The van der Waals surface area contributed by atoms with Crippen LogP contribution in [-0.2, 0) is 9.47 Å². The molecule has 5 nitrogen and oxygen atoms in total. The van der Waals surface area contributed by atoms with Crippen molar-refractivity contribution >= 4 is 0 Å². The fourth-order valence-corrected chi connectivity index (χ4v) is 1.55. The SMILES string of the molecule is O=NC1COC2C(O)COC12. The van der Waals surface area contributed by atoms with E-state index in [1.807, 2.05) is 0 Å². The van der Waals surface area contributed by atoms with E-state index in [9.17, 15) is 10.0 Å². The second kappa shape index (κ2) is 2.51. The van der Waals surface area contributed by atoms with Crippen molar-refractivity contribution in [1.29, 1.82) is 0 Å². The minimum Gasteiger partial charge on any atom is -0.388 e. The predicted octanol–water partition coefficient (Wildman–Crippen LogP) is -0.720. The van der Waals surface area contributed by atoms with E-state index in [1.54, 1.807) is 0 Å². The molecule has 4 unspecified atom stereocenters. The topological polar surface area (TPSA) is 68.1 Å². The van der Waals surface area contributed by atoms with Gasteiger partial charge in [0.2, 0.25) is 0 Å². The average Bonchev–Trinajstić information content (AvgIpc) is 2.53. The van der Waals surface area contributed by atoms with Crippen LogP contribution >= 0.6 is 0 Å². The standard InChI is InChI=1S/C6H9NO4/c8-4-2-11-5-3(7-9)1-10-6(4)5/h3-6,8H,1-2H2. The summed E-state index contributed by atoms with van der Waals surface area (Å²) >= 11 is 0. The van der Waals surface area contributed by atoms with Crippen LogP contribution in [0.4, 0.5) is 0 Å². The van der Waals surface area contributed by atoms with Crippen molar-refractivity contribution in [2.75, 3.05) is 13.2 Å². The van der Waals surface area contributed by atoms with Gasteiger partial charge in [-0.05, 0) is 0 Å². The van der Waals surface area contributed by atoms with Crippen molar-refractivity contribution in [1.82, 2.24) is 0 Å². The molecule has 0 saturated carbocycles. The summed E-state index contributed by atoms with van der Waals surface area (Å²) in [5, 5.41) is 12.1. The Bertz CT molecular complexity index is 174. The lowest BCUT2D eigenvalue weighted by Crippen LogP contribution is -2.30. The highest BCUT2D eigenvalue weighted by Gasteiger charge is 2.47. The highest BCUT2D eigenvalue weighted by atomic mass is 16.6. The first-order chi connectivity index (χ1) is 5.33. The van der Waals surface area contributed by atoms with Gasteiger partial charge < -0.3 is 14.6 Å². The van der Waals surface area contributed by atoms with Gasteiger partial charge >= 0.3 is 0 Å². The summed E-state index contributed by atoms with van der Waals surface area (Å²) in [7, 11) is 0. The number of rotatable bonds is 1. The normalized spacial score (nSPS) is 49.2. The van der Waals surface area contributed by atoms with Gasteiger partial charge in [0, 0.05) is 0 Å². The van der Waals surface area contributed by atoms with Crippen molar-refractivity contribution in [2.45, 2.75) is 24.4 Å². The summed E-state index contributed by atoms with van der Waals surface area (Å²) in [5.74, 6) is 0. The van der Waals surface area contributed by atoms with Crippen molar-refractivity contribution in [3.8, 4) is 0 Å². The third kappa shape index (κ3) is 0.962. The highest BCUT2D eigenvalue weighted by Crippen LogP contribution is 2.28. The lowest BCUT2D eigenvalue weighted by atomic mass is 10.1. The van der Waals surface area contributed by atoms with Gasteiger partial charge in [-0.3, -0.25) is 0 Å². The van der Waals surface area contributed by atoms with Gasteiger partial charge in [0.1, 0.15) is 24.4 Å². The van der Waals surface area contributed by atoms with E-state index in [4.69, 9.17) is 9.47 Å². The van der Waals surface area contributed by atoms with Gasteiger partial charge in [0.15, 0.2) is 0 Å². The van der Waals surface area contributed by atoms with E-state index < -0.39 is 12.1 Å². The van der Waals surface area contributed by atoms with Crippen LogP contribution in [0.5, 0.6) is 0 Å². The number of hydrogen-bond donors (Lipinski definition) is 1. The van der Waals surface area contributed by atoms with Gasteiger partial charge in [-0.25, -0.2) is 0 Å². The van der Waals surface area contributed by atoms with Crippen molar-refractivity contribution in [3.63, 3.8) is 0 Å². The third-order valence-corrected chi connectivity index (χ3v) is 2.14. The maximum absolute atomic E-state index is 10.2. The molecule has 0 aromatic carbocycles. The Labute approximate surface area is 63.3 Å². The van der Waals surface area contributed by atoms with Gasteiger partial charge in [0.05, 0.1) is 13.2 Å². The second-order valence-electron chi connectivity index (χ2n) is 2.84. The summed E-state index contributed by atoms with van der Waals surface area (Å²) in [6.07, 6.45) is -1.24. The molecule has 2 saturated heterocycles. The largest absolute Gasteiger partial charge is 0.388 e. The zero-order valence-corrected chi connectivity index (χ0v) is 5.84. The third-order valence-electron chi connectivity index (χ3n) is 2.14. The van der Waals surface area contributed by atoms with Crippen LogP contribution in [0, 0.1) is 4.91 Å². The number of hydrogen-bond acceptors (Lipinski definition) is 5. The molecule has 2 fully saturated rings. The smallest absolute Gasteiger partial charge is 0.144 e. The Morgan fingerprint density at radius 3 is 2.73 bits per heavy atom. The molecule has 62 valence electrons. The summed E-state index contributed by atoms with van der Waals surface area (Å²) in [6, 6.07) is -0.433. The van der Waals surface area contributed by atoms with Gasteiger partial charge in [-0.2, -0.15) is 4.91 Å². The minimum atomic E-state index is -0.591. The number of nitrogens with zero attached hydrogens (tertiary/aromatic N) is 1. The number of ether oxygens (including phenoxy) is 2. The zero-order valence-electron chi connectivity index (χ0n) is 5.84. The average molecular weight is 159 g/mol. The minimum absolute atomic E-state index is 0.251. The fourth-order valence-electron chi connectivity index (χ4n) is 1.55. The van der Waals surface area contributed by atoms with Crippen LogP contribution in [0.15, 0.2) is 5.18 Å². The number of fused-ring (bicyclic) bond motifs is 1. The Morgan fingerprint density at radius 2 is 2.00 bits per heavy atom. The lowest BCUT2D eigenvalue weighted by Gasteiger charge is -2.08. The molecule has 0 aliphatic carbocycles. The molecular weight excluding hydrogens is 150 g/mol. The van der Waals surface area contributed by atoms with E-state index in [0.717, 1.165) is 0 Å². The molecule has 0 spiro atoms. The van der Waals surface area contributed by atoms with Crippen LogP contribution < -0.4 is 0 Å². The van der Waals surface area contributed by atoms with E-state index in [1.165, 1.54) is 0 Å². The predicted molar refractivity (Wildman–Crippen MR) is 35.1 cm³/mol. The van der Waals surface area contributed by atoms with Gasteiger partial charge in [-0.15, -0.1) is 0 Å². The van der Waals surface area contributed by atoms with Crippen LogP contribution in [0.2, 0.25) is 0 Å². The van der Waals surface area contributed by atoms with Crippen LogP contribution in [0.25, 0.3) is 0 Å². The monoisotopic (exact) mass is 159 g/mol. The molecule has 11 heavy (non-hydrogen) atoms. The fraction of sp³-hybridized carbons (Fsp3) is 1.00. The summed E-state index contributed by atoms with van der Waals surface area (Å²) in [6.45, 7) is 0.525. The Hall–Kier alpha value is -0.520. The highest BCUT2D eigenvalue weighted by molar-refractivity contribution is 4.97. The lowest BCUT2D eigenvalue weighted by molar-refractivity contribution is 0.0182. The molecule has 0 aromatic heterocycles.